The highest BCUT2D eigenvalue weighted by Crippen LogP contribution is 2.30. The molecule has 148 valence electrons. The van der Waals surface area contributed by atoms with E-state index in [1.807, 2.05) is 0 Å². The van der Waals surface area contributed by atoms with E-state index in [1.165, 1.54) is 28.4 Å². The van der Waals surface area contributed by atoms with Crippen LogP contribution >= 0.6 is 15.9 Å². The van der Waals surface area contributed by atoms with Crippen molar-refractivity contribution in [2.75, 3.05) is 11.8 Å². The Morgan fingerprint density at radius 3 is 2.32 bits per heavy atom. The van der Waals surface area contributed by atoms with E-state index in [1.54, 1.807) is 39.2 Å². The second-order valence-corrected chi connectivity index (χ2v) is 8.82. The quantitative estimate of drug-likeness (QED) is 0.594. The third-order valence-electron chi connectivity index (χ3n) is 4.44. The molecule has 10 heteroatoms. The van der Waals surface area contributed by atoms with Crippen molar-refractivity contribution in [3.63, 3.8) is 0 Å². The lowest BCUT2D eigenvalue weighted by atomic mass is 10.1. The predicted octanol–water partition coefficient (Wildman–Crippen LogP) is 2.54. The summed E-state index contributed by atoms with van der Waals surface area (Å²) in [6.07, 6.45) is 0. The van der Waals surface area contributed by atoms with E-state index in [0.717, 1.165) is 5.56 Å². The van der Waals surface area contributed by atoms with Gasteiger partial charge in [-0.1, -0.05) is 11.6 Å². The summed E-state index contributed by atoms with van der Waals surface area (Å²) >= 11 is 3.27. The molecule has 2 aromatic carbocycles. The van der Waals surface area contributed by atoms with E-state index in [0.29, 0.717) is 15.5 Å². The molecule has 1 heterocycles. The summed E-state index contributed by atoms with van der Waals surface area (Å²) in [5, 5.41) is 0. The lowest BCUT2D eigenvalue weighted by Crippen LogP contribution is -2.19. The zero-order valence-corrected chi connectivity index (χ0v) is 18.0. The first-order valence-corrected chi connectivity index (χ1v) is 10.4. The van der Waals surface area contributed by atoms with E-state index in [2.05, 4.69) is 20.7 Å². The van der Waals surface area contributed by atoms with Gasteiger partial charge < -0.3 is 4.74 Å². The van der Waals surface area contributed by atoms with Crippen LogP contribution in [0.25, 0.3) is 11.0 Å². The third kappa shape index (κ3) is 3.33. The third-order valence-corrected chi connectivity index (χ3v) is 6.76. The molecule has 0 spiro atoms. The Bertz CT molecular complexity index is 1270. The van der Waals surface area contributed by atoms with Gasteiger partial charge in [-0.3, -0.25) is 13.9 Å². The lowest BCUT2D eigenvalue weighted by molar-refractivity contribution is 0.0602. The highest BCUT2D eigenvalue weighted by atomic mass is 79.9. The molecule has 0 atom stereocenters. The number of fused-ring (bicyclic) bond motifs is 1. The van der Waals surface area contributed by atoms with Crippen LogP contribution < -0.4 is 10.4 Å². The van der Waals surface area contributed by atoms with Gasteiger partial charge in [0.25, 0.3) is 10.0 Å². The van der Waals surface area contributed by atoms with Crippen LogP contribution in [0, 0.1) is 6.92 Å². The van der Waals surface area contributed by atoms with Gasteiger partial charge in [-0.25, -0.2) is 18.0 Å². The molecule has 28 heavy (non-hydrogen) atoms. The monoisotopic (exact) mass is 467 g/mol. The fourth-order valence-electron chi connectivity index (χ4n) is 2.93. The average molecular weight is 468 g/mol. The molecule has 0 radical (unpaired) electrons. The number of anilines is 1. The second-order valence-electron chi connectivity index (χ2n) is 6.32. The number of benzene rings is 2. The maximum absolute atomic E-state index is 13.0. The number of carbonyl (C=O) groups is 1. The standard InChI is InChI=1S/C18H18BrN3O5S/c1-10-5-6-13(11(7-10)17(23)27-4)20-28(25,26)16-9-15-14(8-12(16)19)21(2)18(24)22(15)3/h5-9,20H,1-4H3. The molecule has 0 aliphatic rings. The first-order valence-electron chi connectivity index (χ1n) is 8.13. The topological polar surface area (TPSA) is 99.4 Å². The second kappa shape index (κ2) is 7.10. The number of esters is 1. The summed E-state index contributed by atoms with van der Waals surface area (Å²) < 4.78 is 36.3. The molecule has 0 aliphatic heterocycles. The van der Waals surface area contributed by atoms with Crippen molar-refractivity contribution < 1.29 is 17.9 Å². The van der Waals surface area contributed by atoms with Gasteiger partial charge in [0.2, 0.25) is 0 Å². The molecular weight excluding hydrogens is 450 g/mol. The van der Waals surface area contributed by atoms with Crippen molar-refractivity contribution in [3.8, 4) is 0 Å². The number of hydrogen-bond donors (Lipinski definition) is 1. The molecule has 0 saturated heterocycles. The van der Waals surface area contributed by atoms with Crippen molar-refractivity contribution in [1.82, 2.24) is 9.13 Å². The van der Waals surface area contributed by atoms with Crippen LogP contribution in [0.4, 0.5) is 5.69 Å². The number of aryl methyl sites for hydroxylation is 3. The maximum Gasteiger partial charge on any atom is 0.340 e. The van der Waals surface area contributed by atoms with Gasteiger partial charge in [0.1, 0.15) is 4.90 Å². The van der Waals surface area contributed by atoms with Crippen molar-refractivity contribution in [2.45, 2.75) is 11.8 Å². The van der Waals surface area contributed by atoms with E-state index in [9.17, 15) is 18.0 Å². The minimum Gasteiger partial charge on any atom is -0.465 e. The molecule has 1 aromatic heterocycles. The first kappa shape index (κ1) is 20.2. The van der Waals surface area contributed by atoms with Gasteiger partial charge in [0.05, 0.1) is 29.4 Å². The number of ether oxygens (including phenoxy) is 1. The fraction of sp³-hybridized carbons (Fsp3) is 0.222. The van der Waals surface area contributed by atoms with Gasteiger partial charge in [-0.15, -0.1) is 0 Å². The van der Waals surface area contributed by atoms with Crippen LogP contribution in [0.3, 0.4) is 0 Å². The van der Waals surface area contributed by atoms with E-state index in [-0.39, 0.29) is 21.8 Å². The molecule has 0 saturated carbocycles. The lowest BCUT2D eigenvalue weighted by Gasteiger charge is -2.13. The zero-order chi connectivity index (χ0) is 20.8. The number of aromatic nitrogens is 2. The Morgan fingerprint density at radius 1 is 1.11 bits per heavy atom. The summed E-state index contributed by atoms with van der Waals surface area (Å²) in [6, 6.07) is 7.72. The summed E-state index contributed by atoms with van der Waals surface area (Å²) in [6.45, 7) is 1.78. The maximum atomic E-state index is 13.0. The highest BCUT2D eigenvalue weighted by molar-refractivity contribution is 9.10. The van der Waals surface area contributed by atoms with Gasteiger partial charge in [0.15, 0.2) is 0 Å². The van der Waals surface area contributed by atoms with Gasteiger partial charge in [-0.2, -0.15) is 0 Å². The number of rotatable bonds is 4. The molecule has 0 fully saturated rings. The van der Waals surface area contributed by atoms with Crippen LogP contribution in [-0.4, -0.2) is 30.6 Å². The zero-order valence-electron chi connectivity index (χ0n) is 15.6. The molecule has 3 rings (SSSR count). The molecule has 0 aliphatic carbocycles. The number of halogens is 1. The number of nitrogens with one attached hydrogen (secondary N) is 1. The van der Waals surface area contributed by atoms with Crippen LogP contribution in [0.5, 0.6) is 0 Å². The van der Waals surface area contributed by atoms with Crippen molar-refractivity contribution in [1.29, 1.82) is 0 Å². The minimum absolute atomic E-state index is 0.0578. The van der Waals surface area contributed by atoms with E-state index in [4.69, 9.17) is 4.74 Å². The normalized spacial score (nSPS) is 11.6. The molecule has 0 unspecified atom stereocenters. The molecule has 1 N–H and O–H groups in total. The number of methoxy groups -OCH3 is 1. The Kier molecular flexibility index (Phi) is 5.11. The SMILES string of the molecule is COC(=O)c1cc(C)ccc1NS(=O)(=O)c1cc2c(cc1Br)n(C)c(=O)n2C. The summed E-state index contributed by atoms with van der Waals surface area (Å²) in [4.78, 5) is 24.1. The Hall–Kier alpha value is -2.59. The van der Waals surface area contributed by atoms with Crippen LogP contribution in [-0.2, 0) is 28.9 Å². The van der Waals surface area contributed by atoms with Gasteiger partial charge >= 0.3 is 11.7 Å². The molecule has 3 aromatic rings. The first-order chi connectivity index (χ1) is 13.1. The Labute approximate surface area is 169 Å². The number of nitrogens with zero attached hydrogens (tertiary/aromatic N) is 2. The Balaban J connectivity index is 2.15. The highest BCUT2D eigenvalue weighted by Gasteiger charge is 2.23. The molecule has 8 nitrogen and oxygen atoms in total. The summed E-state index contributed by atoms with van der Waals surface area (Å²) in [5.41, 5.74) is 1.78. The number of carbonyl (C=O) groups excluding carboxylic acids is 1. The average Bonchev–Trinajstić information content (AvgIpc) is 2.85. The van der Waals surface area contributed by atoms with E-state index >= 15 is 0 Å². The van der Waals surface area contributed by atoms with Crippen molar-refractivity contribution in [2.24, 2.45) is 14.1 Å². The molecule has 0 amide bonds. The molecular formula is C18H18BrN3O5S. The van der Waals surface area contributed by atoms with Crippen LogP contribution in [0.2, 0.25) is 0 Å². The van der Waals surface area contributed by atoms with Gasteiger partial charge in [0, 0.05) is 18.6 Å². The predicted molar refractivity (Wildman–Crippen MR) is 109 cm³/mol. The largest absolute Gasteiger partial charge is 0.465 e. The number of sulfonamides is 1. The van der Waals surface area contributed by atoms with E-state index < -0.39 is 16.0 Å². The smallest absolute Gasteiger partial charge is 0.340 e. The summed E-state index contributed by atoms with van der Waals surface area (Å²) in [5.74, 6) is -0.652. The number of hydrogen-bond acceptors (Lipinski definition) is 5. The Morgan fingerprint density at radius 2 is 1.71 bits per heavy atom. The fourth-order valence-corrected chi connectivity index (χ4v) is 5.06. The number of imidazole rings is 1. The minimum atomic E-state index is -4.06. The van der Waals surface area contributed by atoms with Gasteiger partial charge in [-0.05, 0) is 47.1 Å². The van der Waals surface area contributed by atoms with Crippen LogP contribution in [0.15, 0.2) is 44.5 Å². The molecule has 0 bridgehead atoms. The van der Waals surface area contributed by atoms with Crippen molar-refractivity contribution >= 4 is 48.6 Å². The van der Waals surface area contributed by atoms with Crippen LogP contribution in [0.1, 0.15) is 15.9 Å². The summed E-state index contributed by atoms with van der Waals surface area (Å²) in [7, 11) is 0.340. The van der Waals surface area contributed by atoms with Crippen molar-refractivity contribution in [3.05, 3.63) is 56.4 Å².